The first kappa shape index (κ1) is 19.3. The number of halogens is 1. The van der Waals surface area contributed by atoms with Crippen LogP contribution in [0.1, 0.15) is 18.0 Å². The summed E-state index contributed by atoms with van der Waals surface area (Å²) in [6.45, 7) is 2.75. The quantitative estimate of drug-likeness (QED) is 0.651. The fourth-order valence-electron chi connectivity index (χ4n) is 3.55. The number of hydrogen-bond donors (Lipinski definition) is 1. The number of hydrogen-bond acceptors (Lipinski definition) is 6. The Bertz CT molecular complexity index is 990. The van der Waals surface area contributed by atoms with E-state index in [2.05, 4.69) is 27.2 Å². The average molecular weight is 398 g/mol. The largest absolute Gasteiger partial charge is 0.484 e. The third kappa shape index (κ3) is 4.51. The Morgan fingerprint density at radius 2 is 2.07 bits per heavy atom. The molecule has 2 aromatic heterocycles. The van der Waals surface area contributed by atoms with E-state index in [1.807, 2.05) is 0 Å². The number of amides is 1. The van der Waals surface area contributed by atoms with Gasteiger partial charge in [0.15, 0.2) is 12.3 Å². The van der Waals surface area contributed by atoms with Crippen LogP contribution in [0.15, 0.2) is 36.7 Å². The van der Waals surface area contributed by atoms with E-state index in [1.54, 1.807) is 17.1 Å². The lowest BCUT2D eigenvalue weighted by Crippen LogP contribution is -2.31. The van der Waals surface area contributed by atoms with Gasteiger partial charge < -0.3 is 15.0 Å². The highest BCUT2D eigenvalue weighted by atomic mass is 19.1. The van der Waals surface area contributed by atoms with Gasteiger partial charge >= 0.3 is 0 Å². The van der Waals surface area contributed by atoms with E-state index in [9.17, 15) is 9.18 Å². The zero-order valence-electron chi connectivity index (χ0n) is 16.2. The molecule has 1 amide bonds. The number of likely N-dealkylation sites (N-methyl/N-ethyl adjacent to an activating group) is 1. The van der Waals surface area contributed by atoms with Gasteiger partial charge in [-0.25, -0.2) is 19.0 Å². The molecule has 4 rings (SSSR count). The molecule has 3 aromatic rings. The molecule has 0 aliphatic carbocycles. The van der Waals surface area contributed by atoms with E-state index >= 15 is 0 Å². The highest BCUT2D eigenvalue weighted by molar-refractivity contribution is 5.77. The van der Waals surface area contributed by atoms with E-state index < -0.39 is 0 Å². The summed E-state index contributed by atoms with van der Waals surface area (Å²) in [5, 5.41) is 7.56. The molecular formula is C20H23FN6O2. The second-order valence-corrected chi connectivity index (χ2v) is 7.18. The summed E-state index contributed by atoms with van der Waals surface area (Å²) in [6.07, 6.45) is 4.39. The van der Waals surface area contributed by atoms with Gasteiger partial charge in [-0.2, -0.15) is 5.10 Å². The number of aromatic nitrogens is 4. The van der Waals surface area contributed by atoms with Gasteiger partial charge in [-0.05, 0) is 44.3 Å². The first-order valence-electron chi connectivity index (χ1n) is 9.61. The Morgan fingerprint density at radius 3 is 2.83 bits per heavy atom. The number of carbonyl (C=O) groups is 1. The molecule has 1 fully saturated rings. The van der Waals surface area contributed by atoms with Crippen molar-refractivity contribution in [2.24, 2.45) is 0 Å². The Labute approximate surface area is 167 Å². The normalized spacial score (nSPS) is 17.0. The molecule has 1 N–H and O–H groups in total. The van der Waals surface area contributed by atoms with Crippen LogP contribution in [0.2, 0.25) is 0 Å². The van der Waals surface area contributed by atoms with E-state index in [-0.39, 0.29) is 18.3 Å². The van der Waals surface area contributed by atoms with Gasteiger partial charge in [-0.3, -0.25) is 4.79 Å². The molecule has 8 nitrogen and oxygen atoms in total. The van der Waals surface area contributed by atoms with Crippen LogP contribution in [0.3, 0.4) is 0 Å². The molecule has 0 spiro atoms. The number of rotatable bonds is 7. The van der Waals surface area contributed by atoms with Crippen molar-refractivity contribution in [3.8, 4) is 5.75 Å². The summed E-state index contributed by atoms with van der Waals surface area (Å²) in [5.41, 5.74) is 2.54. The van der Waals surface area contributed by atoms with Crippen LogP contribution >= 0.6 is 0 Å². The molecule has 1 unspecified atom stereocenters. The first-order valence-corrected chi connectivity index (χ1v) is 9.61. The molecule has 1 aromatic carbocycles. The van der Waals surface area contributed by atoms with E-state index in [1.165, 1.54) is 24.3 Å². The summed E-state index contributed by atoms with van der Waals surface area (Å²) in [6, 6.07) is 5.55. The van der Waals surface area contributed by atoms with Gasteiger partial charge in [0.1, 0.15) is 17.1 Å². The third-order valence-corrected chi connectivity index (χ3v) is 5.00. The van der Waals surface area contributed by atoms with Crippen LogP contribution in [0.5, 0.6) is 5.75 Å². The van der Waals surface area contributed by atoms with Gasteiger partial charge in [0, 0.05) is 31.4 Å². The minimum atomic E-state index is -0.347. The molecule has 0 radical (unpaired) electrons. The van der Waals surface area contributed by atoms with Crippen LogP contribution in [-0.2, 0) is 11.3 Å². The van der Waals surface area contributed by atoms with Gasteiger partial charge in [0.25, 0.3) is 5.91 Å². The number of nitrogens with one attached hydrogen (secondary N) is 1. The monoisotopic (exact) mass is 398 g/mol. The van der Waals surface area contributed by atoms with Crippen molar-refractivity contribution in [2.45, 2.75) is 18.9 Å². The Hall–Kier alpha value is -3.07. The highest BCUT2D eigenvalue weighted by Gasteiger charge is 2.27. The molecule has 0 bridgehead atoms. The minimum Gasteiger partial charge on any atom is -0.484 e. The molecule has 152 valence electrons. The standard InChI is InChI=1S/C20H23FN6O2/c1-26-10-6-14(12-26)18-19-20(24-8-7-23-19)27(25-18)11-9-22-17(28)13-29-16-4-2-15(21)3-5-16/h2-5,7-8,14H,6,9-13H2,1H3,(H,22,28). The maximum absolute atomic E-state index is 12.9. The van der Waals surface area contributed by atoms with Crippen molar-refractivity contribution in [1.82, 2.24) is 30.0 Å². The van der Waals surface area contributed by atoms with Gasteiger partial charge in [-0.15, -0.1) is 0 Å². The van der Waals surface area contributed by atoms with E-state index in [0.29, 0.717) is 24.8 Å². The van der Waals surface area contributed by atoms with Gasteiger partial charge in [0.05, 0.1) is 12.2 Å². The topological polar surface area (TPSA) is 85.2 Å². The van der Waals surface area contributed by atoms with Gasteiger partial charge in [0.2, 0.25) is 0 Å². The predicted octanol–water partition coefficient (Wildman–Crippen LogP) is 1.58. The highest BCUT2D eigenvalue weighted by Crippen LogP contribution is 2.29. The summed E-state index contributed by atoms with van der Waals surface area (Å²) in [7, 11) is 2.11. The summed E-state index contributed by atoms with van der Waals surface area (Å²) in [4.78, 5) is 23.2. The lowest BCUT2D eigenvalue weighted by molar-refractivity contribution is -0.123. The SMILES string of the molecule is CN1CCC(c2nn(CCNC(=O)COc3ccc(F)cc3)c3nccnc23)C1. The second-order valence-electron chi connectivity index (χ2n) is 7.18. The number of nitrogens with zero attached hydrogens (tertiary/aromatic N) is 5. The van der Waals surface area contributed by atoms with E-state index in [4.69, 9.17) is 9.84 Å². The maximum atomic E-state index is 12.9. The van der Waals surface area contributed by atoms with Crippen molar-refractivity contribution in [3.63, 3.8) is 0 Å². The molecular weight excluding hydrogens is 375 g/mol. The molecule has 1 saturated heterocycles. The van der Waals surface area contributed by atoms with Crippen molar-refractivity contribution in [3.05, 3.63) is 48.2 Å². The average Bonchev–Trinajstić information content (AvgIpc) is 3.31. The number of fused-ring (bicyclic) bond motifs is 1. The lowest BCUT2D eigenvalue weighted by Gasteiger charge is -2.08. The molecule has 9 heteroatoms. The molecule has 3 heterocycles. The minimum absolute atomic E-state index is 0.134. The fourth-order valence-corrected chi connectivity index (χ4v) is 3.55. The van der Waals surface area contributed by atoms with Crippen molar-refractivity contribution in [1.29, 1.82) is 0 Å². The summed E-state index contributed by atoms with van der Waals surface area (Å²) >= 11 is 0. The first-order chi connectivity index (χ1) is 14.1. The Balaban J connectivity index is 1.34. The predicted molar refractivity (Wildman–Crippen MR) is 105 cm³/mol. The number of likely N-dealkylation sites (tertiary alicyclic amines) is 1. The second kappa shape index (κ2) is 8.52. The van der Waals surface area contributed by atoms with Gasteiger partial charge in [-0.1, -0.05) is 0 Å². The van der Waals surface area contributed by atoms with Crippen molar-refractivity contribution >= 4 is 17.1 Å². The van der Waals surface area contributed by atoms with Crippen molar-refractivity contribution in [2.75, 3.05) is 33.3 Å². The molecule has 1 aliphatic rings. The number of carbonyl (C=O) groups excluding carboxylic acids is 1. The van der Waals surface area contributed by atoms with Crippen molar-refractivity contribution < 1.29 is 13.9 Å². The Morgan fingerprint density at radius 1 is 1.28 bits per heavy atom. The number of ether oxygens (including phenoxy) is 1. The third-order valence-electron chi connectivity index (χ3n) is 5.00. The zero-order chi connectivity index (χ0) is 20.2. The summed E-state index contributed by atoms with van der Waals surface area (Å²) < 4.78 is 20.0. The van der Waals surface area contributed by atoms with E-state index in [0.717, 1.165) is 36.4 Å². The maximum Gasteiger partial charge on any atom is 0.258 e. The number of benzene rings is 1. The molecule has 29 heavy (non-hydrogen) atoms. The fraction of sp³-hybridized carbons (Fsp3) is 0.400. The van der Waals surface area contributed by atoms with Crippen LogP contribution in [0.4, 0.5) is 4.39 Å². The molecule has 1 atom stereocenters. The summed E-state index contributed by atoms with van der Waals surface area (Å²) in [5.74, 6) is 0.190. The lowest BCUT2D eigenvalue weighted by atomic mass is 10.0. The molecule has 0 saturated carbocycles. The Kier molecular flexibility index (Phi) is 5.66. The van der Waals surface area contributed by atoms with Crippen LogP contribution in [-0.4, -0.2) is 63.8 Å². The molecule has 1 aliphatic heterocycles. The zero-order valence-corrected chi connectivity index (χ0v) is 16.2. The van der Waals surface area contributed by atoms with Crippen LogP contribution < -0.4 is 10.1 Å². The van der Waals surface area contributed by atoms with Crippen LogP contribution in [0, 0.1) is 5.82 Å². The smallest absolute Gasteiger partial charge is 0.258 e. The van der Waals surface area contributed by atoms with Crippen LogP contribution in [0.25, 0.3) is 11.2 Å².